The maximum atomic E-state index is 12.4. The van der Waals surface area contributed by atoms with Gasteiger partial charge in [0.25, 0.3) is 11.6 Å². The molecule has 0 aliphatic heterocycles. The summed E-state index contributed by atoms with van der Waals surface area (Å²) in [6, 6.07) is 17.2. The summed E-state index contributed by atoms with van der Waals surface area (Å²) in [7, 11) is 0. The van der Waals surface area contributed by atoms with Crippen LogP contribution in [0.4, 0.5) is 17.1 Å². The third-order valence-electron chi connectivity index (χ3n) is 3.98. The molecule has 0 saturated carbocycles. The Balaban J connectivity index is 1.60. The third kappa shape index (κ3) is 6.45. The summed E-state index contributed by atoms with van der Waals surface area (Å²) in [4.78, 5) is 35.7. The summed E-state index contributed by atoms with van der Waals surface area (Å²) in [5, 5.41) is 17.1. The Morgan fingerprint density at radius 1 is 0.968 bits per heavy atom. The van der Waals surface area contributed by atoms with E-state index in [0.717, 1.165) is 4.90 Å². The first-order valence-corrected chi connectivity index (χ1v) is 10.6. The first kappa shape index (κ1) is 22.6. The van der Waals surface area contributed by atoms with Crippen molar-refractivity contribution in [3.63, 3.8) is 0 Å². The zero-order chi connectivity index (χ0) is 22.4. The van der Waals surface area contributed by atoms with Gasteiger partial charge >= 0.3 is 0 Å². The number of nitrogens with one attached hydrogen (secondary N) is 2. The third-order valence-corrected chi connectivity index (χ3v) is 5.54. The molecule has 158 valence electrons. The predicted molar refractivity (Wildman–Crippen MR) is 123 cm³/mol. The molecule has 0 radical (unpaired) electrons. The molecule has 0 fully saturated rings. The largest absolute Gasteiger partial charge is 0.324 e. The molecule has 7 nitrogen and oxygen atoms in total. The van der Waals surface area contributed by atoms with Gasteiger partial charge in [-0.3, -0.25) is 19.7 Å². The maximum Gasteiger partial charge on any atom is 0.270 e. The number of halogens is 2. The van der Waals surface area contributed by atoms with Gasteiger partial charge < -0.3 is 10.6 Å². The highest BCUT2D eigenvalue weighted by molar-refractivity contribution is 8.00. The van der Waals surface area contributed by atoms with E-state index in [1.807, 2.05) is 0 Å². The Morgan fingerprint density at radius 3 is 2.52 bits per heavy atom. The van der Waals surface area contributed by atoms with Crippen molar-refractivity contribution in [2.24, 2.45) is 0 Å². The summed E-state index contributed by atoms with van der Waals surface area (Å²) < 4.78 is 0. The van der Waals surface area contributed by atoms with E-state index in [4.69, 9.17) is 23.2 Å². The quantitative estimate of drug-likeness (QED) is 0.252. The second-order valence-corrected chi connectivity index (χ2v) is 8.14. The van der Waals surface area contributed by atoms with Gasteiger partial charge in [-0.15, -0.1) is 11.8 Å². The van der Waals surface area contributed by atoms with E-state index in [-0.39, 0.29) is 22.9 Å². The number of hydrogen-bond donors (Lipinski definition) is 2. The van der Waals surface area contributed by atoms with Crippen LogP contribution in [0.5, 0.6) is 0 Å². The lowest BCUT2D eigenvalue weighted by atomic mass is 10.2. The number of nitro groups is 1. The van der Waals surface area contributed by atoms with Gasteiger partial charge in [-0.25, -0.2) is 0 Å². The van der Waals surface area contributed by atoms with Crippen molar-refractivity contribution in [3.8, 4) is 0 Å². The van der Waals surface area contributed by atoms with Crippen LogP contribution in [0.1, 0.15) is 10.4 Å². The molecule has 0 spiro atoms. The number of hydrogen-bond acceptors (Lipinski definition) is 5. The molecule has 3 aromatic carbocycles. The number of nitrogens with zero attached hydrogens (tertiary/aromatic N) is 1. The number of non-ortho nitro benzene ring substituents is 1. The molecule has 3 rings (SSSR count). The van der Waals surface area contributed by atoms with E-state index >= 15 is 0 Å². The molecule has 0 aromatic heterocycles. The van der Waals surface area contributed by atoms with Crippen LogP contribution in [0, 0.1) is 10.1 Å². The van der Waals surface area contributed by atoms with Gasteiger partial charge in [-0.05, 0) is 42.5 Å². The van der Waals surface area contributed by atoms with Gasteiger partial charge in [-0.1, -0.05) is 35.3 Å². The highest BCUT2D eigenvalue weighted by Gasteiger charge is 2.12. The van der Waals surface area contributed by atoms with E-state index in [2.05, 4.69) is 10.6 Å². The van der Waals surface area contributed by atoms with Crippen molar-refractivity contribution in [2.75, 3.05) is 16.4 Å². The summed E-state index contributed by atoms with van der Waals surface area (Å²) in [6.45, 7) is 0. The van der Waals surface area contributed by atoms with E-state index in [0.29, 0.717) is 21.4 Å². The highest BCUT2D eigenvalue weighted by atomic mass is 35.5. The fourth-order valence-electron chi connectivity index (χ4n) is 2.56. The summed E-state index contributed by atoms with van der Waals surface area (Å²) in [5.41, 5.74) is 0.936. The van der Waals surface area contributed by atoms with Crippen LogP contribution in [0.2, 0.25) is 10.0 Å². The lowest BCUT2D eigenvalue weighted by Gasteiger charge is -2.09. The molecule has 10 heteroatoms. The average Bonchev–Trinajstić information content (AvgIpc) is 2.75. The number of thioether (sulfide) groups is 1. The normalized spacial score (nSPS) is 10.4. The van der Waals surface area contributed by atoms with Crippen LogP contribution in [-0.2, 0) is 4.79 Å². The maximum absolute atomic E-state index is 12.4. The van der Waals surface area contributed by atoms with Crippen molar-refractivity contribution >= 4 is 63.8 Å². The molecule has 0 saturated heterocycles. The van der Waals surface area contributed by atoms with E-state index in [9.17, 15) is 19.7 Å². The van der Waals surface area contributed by atoms with Gasteiger partial charge in [0.1, 0.15) is 0 Å². The lowest BCUT2D eigenvalue weighted by Crippen LogP contribution is -2.14. The standard InChI is InChI=1S/C21H15Cl2N3O4S/c22-14-7-8-18(23)19(10-14)25-20(27)12-31-17-6-2-4-15(11-17)24-21(28)13-3-1-5-16(9-13)26(29)30/h1-11H,12H2,(H,24,28)(H,25,27). The topological polar surface area (TPSA) is 101 Å². The van der Waals surface area contributed by atoms with Crippen LogP contribution >= 0.6 is 35.0 Å². The SMILES string of the molecule is O=C(CSc1cccc(NC(=O)c2cccc([N+](=O)[O-])c2)c1)Nc1cc(Cl)ccc1Cl. The van der Waals surface area contributed by atoms with Crippen molar-refractivity contribution in [2.45, 2.75) is 4.90 Å². The molecule has 0 unspecified atom stereocenters. The van der Waals surface area contributed by atoms with Crippen molar-refractivity contribution in [3.05, 3.63) is 92.5 Å². The Kier molecular flexibility index (Phi) is 7.51. The Bertz CT molecular complexity index is 1160. The Labute approximate surface area is 191 Å². The van der Waals surface area contributed by atoms with E-state index < -0.39 is 10.8 Å². The average molecular weight is 476 g/mol. The van der Waals surface area contributed by atoms with Gasteiger partial charge in [-0.2, -0.15) is 0 Å². The lowest BCUT2D eigenvalue weighted by molar-refractivity contribution is -0.384. The summed E-state index contributed by atoms with van der Waals surface area (Å²) in [6.07, 6.45) is 0. The van der Waals surface area contributed by atoms with E-state index in [1.165, 1.54) is 36.0 Å². The first-order chi connectivity index (χ1) is 14.8. The minimum atomic E-state index is -0.560. The first-order valence-electron chi connectivity index (χ1n) is 8.85. The van der Waals surface area contributed by atoms with Crippen LogP contribution in [0.25, 0.3) is 0 Å². The molecule has 0 atom stereocenters. The van der Waals surface area contributed by atoms with Crippen molar-refractivity contribution < 1.29 is 14.5 Å². The van der Waals surface area contributed by atoms with Gasteiger partial charge in [0, 0.05) is 33.3 Å². The van der Waals surface area contributed by atoms with E-state index in [1.54, 1.807) is 42.5 Å². The number of benzene rings is 3. The monoisotopic (exact) mass is 475 g/mol. The number of amides is 2. The molecule has 0 aliphatic carbocycles. The number of anilines is 2. The minimum Gasteiger partial charge on any atom is -0.324 e. The fourth-order valence-corrected chi connectivity index (χ4v) is 3.65. The number of carbonyl (C=O) groups excluding carboxylic acids is 2. The number of rotatable bonds is 7. The molecule has 31 heavy (non-hydrogen) atoms. The molecular weight excluding hydrogens is 461 g/mol. The van der Waals surface area contributed by atoms with Crippen LogP contribution < -0.4 is 10.6 Å². The predicted octanol–water partition coefficient (Wildman–Crippen LogP) is 5.88. The number of carbonyl (C=O) groups is 2. The van der Waals surface area contributed by atoms with Crippen LogP contribution in [-0.4, -0.2) is 22.5 Å². The highest BCUT2D eigenvalue weighted by Crippen LogP contribution is 2.27. The molecular formula is C21H15Cl2N3O4S. The molecule has 3 aromatic rings. The van der Waals surface area contributed by atoms with Gasteiger partial charge in [0.05, 0.1) is 21.4 Å². The molecule has 0 bridgehead atoms. The Morgan fingerprint density at radius 2 is 1.74 bits per heavy atom. The second-order valence-electron chi connectivity index (χ2n) is 6.25. The van der Waals surface area contributed by atoms with Crippen molar-refractivity contribution in [1.29, 1.82) is 0 Å². The Hall–Kier alpha value is -3.07. The minimum absolute atomic E-state index is 0.116. The summed E-state index contributed by atoms with van der Waals surface area (Å²) >= 11 is 13.2. The zero-order valence-electron chi connectivity index (χ0n) is 15.8. The van der Waals surface area contributed by atoms with Gasteiger partial charge in [0.15, 0.2) is 0 Å². The molecule has 2 amide bonds. The van der Waals surface area contributed by atoms with Gasteiger partial charge in [0.2, 0.25) is 5.91 Å². The fraction of sp³-hybridized carbons (Fsp3) is 0.0476. The zero-order valence-corrected chi connectivity index (χ0v) is 18.1. The molecule has 2 N–H and O–H groups in total. The molecule has 0 aliphatic rings. The smallest absolute Gasteiger partial charge is 0.270 e. The van der Waals surface area contributed by atoms with Crippen LogP contribution in [0.3, 0.4) is 0 Å². The van der Waals surface area contributed by atoms with Crippen LogP contribution in [0.15, 0.2) is 71.6 Å². The van der Waals surface area contributed by atoms with Crippen molar-refractivity contribution in [1.82, 2.24) is 0 Å². The molecule has 0 heterocycles. The number of nitro benzene ring substituents is 1. The second kappa shape index (κ2) is 10.3. The summed E-state index contributed by atoms with van der Waals surface area (Å²) in [5.74, 6) is -0.620.